The Labute approximate surface area is 210 Å². The van der Waals surface area contributed by atoms with Crippen molar-refractivity contribution in [3.8, 4) is 11.5 Å². The van der Waals surface area contributed by atoms with Crippen molar-refractivity contribution in [2.24, 2.45) is 0 Å². The standard InChI is InChI=1S/C27H29N3O4S/c1-27(2,3)30-25(32)22-11-7-8-12-23(22)28-26(35)29-24(31)19-13-15-21(16-14-19)34-18-17-33-20-9-5-4-6-10-20/h4-16H,17-18H2,1-3H3,(H,30,32)(H2,28,29,31,35). The molecule has 0 aliphatic carbocycles. The number of carbonyl (C=O) groups is 2. The van der Waals surface area contributed by atoms with Gasteiger partial charge in [-0.25, -0.2) is 0 Å². The summed E-state index contributed by atoms with van der Waals surface area (Å²) >= 11 is 5.29. The maximum atomic E-state index is 12.6. The summed E-state index contributed by atoms with van der Waals surface area (Å²) in [6.45, 7) is 6.49. The van der Waals surface area contributed by atoms with Crippen LogP contribution in [-0.2, 0) is 0 Å². The molecule has 0 aromatic heterocycles. The number of ether oxygens (including phenoxy) is 2. The van der Waals surface area contributed by atoms with Crippen molar-refractivity contribution in [3.05, 3.63) is 90.0 Å². The van der Waals surface area contributed by atoms with Gasteiger partial charge in [0.25, 0.3) is 11.8 Å². The molecule has 7 nitrogen and oxygen atoms in total. The molecule has 0 aliphatic rings. The van der Waals surface area contributed by atoms with Crippen molar-refractivity contribution in [2.75, 3.05) is 18.5 Å². The molecule has 0 heterocycles. The first-order chi connectivity index (χ1) is 16.7. The zero-order chi connectivity index (χ0) is 25.3. The van der Waals surface area contributed by atoms with Crippen LogP contribution in [0.1, 0.15) is 41.5 Å². The first-order valence-corrected chi connectivity index (χ1v) is 11.6. The van der Waals surface area contributed by atoms with Crippen LogP contribution in [0.3, 0.4) is 0 Å². The van der Waals surface area contributed by atoms with E-state index >= 15 is 0 Å². The van der Waals surface area contributed by atoms with Crippen LogP contribution in [0.2, 0.25) is 0 Å². The number of anilines is 1. The Hall–Kier alpha value is -3.91. The SMILES string of the molecule is CC(C)(C)NC(=O)c1ccccc1NC(=S)NC(=O)c1ccc(OCCOc2ccccc2)cc1. The molecule has 0 spiro atoms. The van der Waals surface area contributed by atoms with Gasteiger partial charge in [0.1, 0.15) is 24.7 Å². The number of hydrogen-bond donors (Lipinski definition) is 3. The van der Waals surface area contributed by atoms with Gasteiger partial charge in [0.15, 0.2) is 5.11 Å². The number of nitrogens with one attached hydrogen (secondary N) is 3. The largest absolute Gasteiger partial charge is 0.490 e. The molecular weight excluding hydrogens is 462 g/mol. The molecule has 0 saturated heterocycles. The second-order valence-electron chi connectivity index (χ2n) is 8.69. The summed E-state index contributed by atoms with van der Waals surface area (Å²) in [5.74, 6) is 0.792. The van der Waals surface area contributed by atoms with Crippen molar-refractivity contribution in [1.82, 2.24) is 10.6 Å². The lowest BCUT2D eigenvalue weighted by molar-refractivity contribution is 0.0919. The molecule has 0 atom stereocenters. The molecular formula is C27H29N3O4S. The minimum atomic E-state index is -0.385. The van der Waals surface area contributed by atoms with Crippen molar-refractivity contribution in [2.45, 2.75) is 26.3 Å². The summed E-state index contributed by atoms with van der Waals surface area (Å²) in [6, 6.07) is 23.2. The monoisotopic (exact) mass is 491 g/mol. The number of para-hydroxylation sites is 2. The molecule has 0 radical (unpaired) electrons. The van der Waals surface area contributed by atoms with E-state index in [1.54, 1.807) is 48.5 Å². The van der Waals surface area contributed by atoms with Crippen LogP contribution < -0.4 is 25.4 Å². The molecule has 182 valence electrons. The first-order valence-electron chi connectivity index (χ1n) is 11.2. The zero-order valence-corrected chi connectivity index (χ0v) is 20.8. The zero-order valence-electron chi connectivity index (χ0n) is 20.0. The predicted molar refractivity (Wildman–Crippen MR) is 141 cm³/mol. The fourth-order valence-electron chi connectivity index (χ4n) is 3.07. The maximum absolute atomic E-state index is 12.6. The van der Waals surface area contributed by atoms with E-state index in [-0.39, 0.29) is 22.5 Å². The van der Waals surface area contributed by atoms with Gasteiger partial charge >= 0.3 is 0 Å². The van der Waals surface area contributed by atoms with E-state index in [2.05, 4.69) is 16.0 Å². The lowest BCUT2D eigenvalue weighted by Crippen LogP contribution is -2.41. The summed E-state index contributed by atoms with van der Waals surface area (Å²) in [7, 11) is 0. The molecule has 0 aliphatic heterocycles. The Kier molecular flexibility index (Phi) is 8.80. The smallest absolute Gasteiger partial charge is 0.257 e. The van der Waals surface area contributed by atoms with E-state index in [0.29, 0.717) is 35.8 Å². The molecule has 8 heteroatoms. The third kappa shape index (κ3) is 8.42. The molecule has 0 fully saturated rings. The van der Waals surface area contributed by atoms with Gasteiger partial charge in [-0.3, -0.25) is 14.9 Å². The van der Waals surface area contributed by atoms with Crippen LogP contribution in [0, 0.1) is 0 Å². The molecule has 0 bridgehead atoms. The summed E-state index contributed by atoms with van der Waals surface area (Å²) in [4.78, 5) is 25.2. The highest BCUT2D eigenvalue weighted by atomic mass is 32.1. The second-order valence-corrected chi connectivity index (χ2v) is 9.10. The molecule has 0 unspecified atom stereocenters. The van der Waals surface area contributed by atoms with Crippen LogP contribution in [0.15, 0.2) is 78.9 Å². The molecule has 0 saturated carbocycles. The fraction of sp³-hybridized carbons (Fsp3) is 0.222. The summed E-state index contributed by atoms with van der Waals surface area (Å²) < 4.78 is 11.3. The van der Waals surface area contributed by atoms with Gasteiger partial charge in [0, 0.05) is 11.1 Å². The van der Waals surface area contributed by atoms with Crippen molar-refractivity contribution < 1.29 is 19.1 Å². The Morgan fingerprint density at radius 3 is 1.97 bits per heavy atom. The van der Waals surface area contributed by atoms with Gasteiger partial charge < -0.3 is 20.1 Å². The number of thiocarbonyl (C=S) groups is 1. The quantitative estimate of drug-likeness (QED) is 0.310. The minimum absolute atomic E-state index is 0.0874. The second kappa shape index (κ2) is 12.0. The number of rotatable bonds is 8. The summed E-state index contributed by atoms with van der Waals surface area (Å²) in [6.07, 6.45) is 0. The molecule has 3 aromatic rings. The molecule has 35 heavy (non-hydrogen) atoms. The number of amides is 2. The highest BCUT2D eigenvalue weighted by Gasteiger charge is 2.18. The normalized spacial score (nSPS) is 10.7. The highest BCUT2D eigenvalue weighted by Crippen LogP contribution is 2.17. The fourth-order valence-corrected chi connectivity index (χ4v) is 3.27. The Balaban J connectivity index is 1.50. The Morgan fingerprint density at radius 2 is 1.34 bits per heavy atom. The molecule has 3 rings (SSSR count). The molecule has 2 amide bonds. The Bertz CT molecular complexity index is 1160. The topological polar surface area (TPSA) is 88.7 Å². The van der Waals surface area contributed by atoms with Gasteiger partial charge in [0.2, 0.25) is 0 Å². The lowest BCUT2D eigenvalue weighted by Gasteiger charge is -2.21. The molecule has 3 aromatic carbocycles. The summed E-state index contributed by atoms with van der Waals surface area (Å²) in [5.41, 5.74) is 0.961. The van der Waals surface area contributed by atoms with E-state index in [1.807, 2.05) is 51.1 Å². The third-order valence-corrected chi connectivity index (χ3v) is 4.82. The van der Waals surface area contributed by atoms with Crippen molar-refractivity contribution >= 4 is 34.8 Å². The number of carbonyl (C=O) groups excluding carboxylic acids is 2. The van der Waals surface area contributed by atoms with Crippen LogP contribution >= 0.6 is 12.2 Å². The third-order valence-electron chi connectivity index (χ3n) is 4.62. The predicted octanol–water partition coefficient (Wildman–Crippen LogP) is 4.80. The highest BCUT2D eigenvalue weighted by molar-refractivity contribution is 7.80. The van der Waals surface area contributed by atoms with Gasteiger partial charge in [-0.1, -0.05) is 30.3 Å². The number of hydrogen-bond acceptors (Lipinski definition) is 5. The number of benzene rings is 3. The Morgan fingerprint density at radius 1 is 0.771 bits per heavy atom. The maximum Gasteiger partial charge on any atom is 0.257 e. The van der Waals surface area contributed by atoms with Crippen molar-refractivity contribution in [3.63, 3.8) is 0 Å². The lowest BCUT2D eigenvalue weighted by atomic mass is 10.1. The summed E-state index contributed by atoms with van der Waals surface area (Å²) in [5, 5.41) is 8.58. The van der Waals surface area contributed by atoms with Gasteiger partial charge in [-0.2, -0.15) is 0 Å². The van der Waals surface area contributed by atoms with Crippen LogP contribution in [-0.4, -0.2) is 35.7 Å². The van der Waals surface area contributed by atoms with Crippen LogP contribution in [0.5, 0.6) is 11.5 Å². The van der Waals surface area contributed by atoms with E-state index in [9.17, 15) is 9.59 Å². The van der Waals surface area contributed by atoms with Gasteiger partial charge in [-0.05, 0) is 81.5 Å². The van der Waals surface area contributed by atoms with Gasteiger partial charge in [0.05, 0.1) is 11.3 Å². The average molecular weight is 492 g/mol. The average Bonchev–Trinajstić information content (AvgIpc) is 2.82. The molecule has 3 N–H and O–H groups in total. The van der Waals surface area contributed by atoms with Crippen LogP contribution in [0.4, 0.5) is 5.69 Å². The first kappa shape index (κ1) is 25.7. The van der Waals surface area contributed by atoms with Gasteiger partial charge in [-0.15, -0.1) is 0 Å². The van der Waals surface area contributed by atoms with E-state index in [1.165, 1.54) is 0 Å². The van der Waals surface area contributed by atoms with E-state index < -0.39 is 0 Å². The van der Waals surface area contributed by atoms with E-state index in [0.717, 1.165) is 5.75 Å². The van der Waals surface area contributed by atoms with Crippen molar-refractivity contribution in [1.29, 1.82) is 0 Å². The van der Waals surface area contributed by atoms with E-state index in [4.69, 9.17) is 21.7 Å². The van der Waals surface area contributed by atoms with Crippen LogP contribution in [0.25, 0.3) is 0 Å². The minimum Gasteiger partial charge on any atom is -0.490 e.